The molecule has 1 aromatic rings. The number of nitrogens with one attached hydrogen (secondary N) is 8. The van der Waals surface area contributed by atoms with Crippen LogP contribution in [0.1, 0.15) is 112 Å². The van der Waals surface area contributed by atoms with E-state index in [-0.39, 0.29) is 95.3 Å². The molecule has 9 atom stereocenters. The van der Waals surface area contributed by atoms with Crippen LogP contribution in [-0.2, 0) is 49.6 Å². The SMILES string of the molecule is CCC(C)CCC(=O)N[C@H](CCN)C(=O)N[C@@H](CCN)C(=O)N[C@@H](CCN)C(=O)N[C@@H](CC(C)C)C(=O)N[C@H](Cc1ccccc1)C(=O)N[C@@H](C)C(=O)N[C@@H](CCN)C(=O)N[C@@H](CC(C)C)C(=O)O. The van der Waals surface area contributed by atoms with Gasteiger partial charge in [-0.05, 0) is 101 Å². The first-order valence-corrected chi connectivity index (χ1v) is 24.1. The van der Waals surface area contributed by atoms with Crippen molar-refractivity contribution >= 4 is 53.2 Å². The van der Waals surface area contributed by atoms with Gasteiger partial charge in [0.05, 0.1) is 0 Å². The Hall–Kier alpha value is -5.71. The largest absolute Gasteiger partial charge is 0.480 e. The zero-order valence-electron chi connectivity index (χ0n) is 41.6. The summed E-state index contributed by atoms with van der Waals surface area (Å²) >= 11 is 0. The predicted octanol–water partition coefficient (Wildman–Crippen LogP) is -1.47. The molecule has 0 radical (unpaired) electrons. The molecule has 0 aliphatic carbocycles. The lowest BCUT2D eigenvalue weighted by molar-refractivity contribution is -0.142. The topological polar surface area (TPSA) is 374 Å². The van der Waals surface area contributed by atoms with Crippen molar-refractivity contribution < 1.29 is 48.3 Å². The Morgan fingerprint density at radius 2 is 0.826 bits per heavy atom. The summed E-state index contributed by atoms with van der Waals surface area (Å²) in [5, 5.41) is 30.6. The number of carbonyl (C=O) groups is 9. The van der Waals surface area contributed by atoms with E-state index in [9.17, 15) is 48.3 Å². The molecule has 1 rings (SSSR count). The van der Waals surface area contributed by atoms with Crippen LogP contribution < -0.4 is 65.5 Å². The molecule has 0 aliphatic heterocycles. The molecule has 0 spiro atoms. The number of hydrogen-bond donors (Lipinski definition) is 13. The van der Waals surface area contributed by atoms with Gasteiger partial charge in [0.25, 0.3) is 0 Å². The molecule has 1 unspecified atom stereocenters. The van der Waals surface area contributed by atoms with Gasteiger partial charge < -0.3 is 70.6 Å². The fourth-order valence-electron chi connectivity index (χ4n) is 7.08. The molecule has 0 aromatic heterocycles. The average Bonchev–Trinajstić information content (AvgIpc) is 3.29. The van der Waals surface area contributed by atoms with Crippen molar-refractivity contribution in [2.45, 2.75) is 161 Å². The molecule has 22 nitrogen and oxygen atoms in total. The summed E-state index contributed by atoms with van der Waals surface area (Å²) in [4.78, 5) is 120. The van der Waals surface area contributed by atoms with Crippen molar-refractivity contribution in [2.24, 2.45) is 40.7 Å². The number of carboxylic acids is 1. The van der Waals surface area contributed by atoms with Gasteiger partial charge in [-0.25, -0.2) is 4.79 Å². The summed E-state index contributed by atoms with van der Waals surface area (Å²) in [6.07, 6.45) is 1.92. The quantitative estimate of drug-likeness (QED) is 0.0375. The highest BCUT2D eigenvalue weighted by Gasteiger charge is 2.34. The lowest BCUT2D eigenvalue weighted by Crippen LogP contribution is -2.60. The van der Waals surface area contributed by atoms with Gasteiger partial charge in [-0.2, -0.15) is 0 Å². The Morgan fingerprint density at radius 1 is 0.464 bits per heavy atom. The van der Waals surface area contributed by atoms with Crippen molar-refractivity contribution in [3.05, 3.63) is 35.9 Å². The second-order valence-electron chi connectivity index (χ2n) is 18.4. The second kappa shape index (κ2) is 32.9. The zero-order chi connectivity index (χ0) is 52.2. The van der Waals surface area contributed by atoms with Crippen LogP contribution in [0, 0.1) is 17.8 Å². The summed E-state index contributed by atoms with van der Waals surface area (Å²) in [6.45, 7) is 12.6. The van der Waals surface area contributed by atoms with Crippen LogP contribution in [0.3, 0.4) is 0 Å². The van der Waals surface area contributed by atoms with Crippen LogP contribution in [0.15, 0.2) is 30.3 Å². The number of amides is 8. The number of nitrogens with two attached hydrogens (primary N) is 4. The molecule has 1 aromatic carbocycles. The van der Waals surface area contributed by atoms with Gasteiger partial charge in [-0.15, -0.1) is 0 Å². The Balaban J connectivity index is 3.30. The van der Waals surface area contributed by atoms with Crippen molar-refractivity contribution in [1.29, 1.82) is 0 Å². The monoisotopic (exact) mass is 975 g/mol. The van der Waals surface area contributed by atoms with E-state index in [0.29, 0.717) is 17.9 Å². The summed E-state index contributed by atoms with van der Waals surface area (Å²) in [5.74, 6) is -6.72. The average molecular weight is 975 g/mol. The third-order valence-electron chi connectivity index (χ3n) is 11.3. The normalized spacial score (nSPS) is 15.1. The second-order valence-corrected chi connectivity index (χ2v) is 18.4. The highest BCUT2D eigenvalue weighted by molar-refractivity contribution is 5.98. The summed E-state index contributed by atoms with van der Waals surface area (Å²) < 4.78 is 0. The predicted molar refractivity (Wildman–Crippen MR) is 261 cm³/mol. The minimum absolute atomic E-state index is 0.0216. The first kappa shape index (κ1) is 61.3. The van der Waals surface area contributed by atoms with E-state index < -0.39 is 95.7 Å². The molecule has 0 saturated carbocycles. The maximum Gasteiger partial charge on any atom is 0.326 e. The van der Waals surface area contributed by atoms with Crippen LogP contribution in [0.4, 0.5) is 0 Å². The van der Waals surface area contributed by atoms with E-state index >= 15 is 0 Å². The molecule has 22 heteroatoms. The molecule has 0 saturated heterocycles. The highest BCUT2D eigenvalue weighted by Crippen LogP contribution is 2.12. The van der Waals surface area contributed by atoms with Gasteiger partial charge >= 0.3 is 5.97 Å². The lowest BCUT2D eigenvalue weighted by Gasteiger charge is -2.28. The molecular weight excluding hydrogens is 893 g/mol. The fourth-order valence-corrected chi connectivity index (χ4v) is 7.08. The van der Waals surface area contributed by atoms with Gasteiger partial charge in [0.1, 0.15) is 48.3 Å². The molecule has 8 amide bonds. The molecule has 0 bridgehead atoms. The molecule has 17 N–H and O–H groups in total. The van der Waals surface area contributed by atoms with Crippen molar-refractivity contribution in [3.63, 3.8) is 0 Å². The standard InChI is InChI=1S/C47H82N12O10/c1-8-29(6)14-15-39(60)53-32(16-20-48)41(62)55-34(18-22-50)42(63)56-35(19-23-51)43(64)57-36(24-27(2)3)46(67)58-37(26-31-12-10-9-11-13-31)45(66)52-30(7)40(61)54-33(17-21-49)44(65)59-38(47(68)69)25-28(4)5/h9-13,27-30,32-38H,8,14-26,48-51H2,1-7H3,(H,52,66)(H,53,60)(H,54,61)(H,55,62)(H,56,63)(H,57,64)(H,58,67)(H,59,65)(H,68,69)/t29?,30-,32+,33-,34-,35-,36-,37+,38-/m0/s1. The lowest BCUT2D eigenvalue weighted by atomic mass is 10.00. The van der Waals surface area contributed by atoms with Crippen molar-refractivity contribution in [1.82, 2.24) is 42.5 Å². The molecule has 390 valence electrons. The molecular formula is C47H82N12O10. The minimum atomic E-state index is -1.29. The van der Waals surface area contributed by atoms with Crippen LogP contribution >= 0.6 is 0 Å². The third-order valence-corrected chi connectivity index (χ3v) is 11.3. The number of aliphatic carboxylic acids is 1. The third kappa shape index (κ3) is 23.9. The molecule has 0 heterocycles. The molecule has 0 aliphatic rings. The maximum atomic E-state index is 14.1. The number of rotatable bonds is 34. The summed E-state index contributed by atoms with van der Waals surface area (Å²) in [7, 11) is 0. The van der Waals surface area contributed by atoms with Gasteiger partial charge in [-0.1, -0.05) is 78.3 Å². The van der Waals surface area contributed by atoms with Gasteiger partial charge in [0.2, 0.25) is 47.3 Å². The Labute approximate surface area is 406 Å². The smallest absolute Gasteiger partial charge is 0.326 e. The highest BCUT2D eigenvalue weighted by atomic mass is 16.4. The fraction of sp³-hybridized carbons (Fsp3) is 0.681. The van der Waals surface area contributed by atoms with Gasteiger partial charge in [0, 0.05) is 12.8 Å². The minimum Gasteiger partial charge on any atom is -0.480 e. The number of benzene rings is 1. The van der Waals surface area contributed by atoms with Crippen LogP contribution in [-0.4, -0.2) is 133 Å². The van der Waals surface area contributed by atoms with Crippen LogP contribution in [0.2, 0.25) is 0 Å². The van der Waals surface area contributed by atoms with Crippen molar-refractivity contribution in [3.8, 4) is 0 Å². The van der Waals surface area contributed by atoms with E-state index in [2.05, 4.69) is 42.5 Å². The van der Waals surface area contributed by atoms with E-state index in [4.69, 9.17) is 22.9 Å². The number of carboxylic acid groups (broad SMARTS) is 1. The first-order chi connectivity index (χ1) is 32.6. The number of carbonyl (C=O) groups excluding carboxylic acids is 8. The maximum absolute atomic E-state index is 14.1. The Morgan fingerprint density at radius 3 is 1.25 bits per heavy atom. The van der Waals surface area contributed by atoms with E-state index in [1.54, 1.807) is 44.2 Å². The number of hydrogen-bond acceptors (Lipinski definition) is 13. The Kier molecular flexibility index (Phi) is 29.3. The van der Waals surface area contributed by atoms with Crippen LogP contribution in [0.5, 0.6) is 0 Å². The summed E-state index contributed by atoms with van der Waals surface area (Å²) in [6, 6.07) is -0.995. The van der Waals surface area contributed by atoms with Gasteiger partial charge in [-0.3, -0.25) is 38.4 Å². The van der Waals surface area contributed by atoms with Gasteiger partial charge in [0.15, 0.2) is 0 Å². The molecule has 69 heavy (non-hydrogen) atoms. The van der Waals surface area contributed by atoms with E-state index in [0.717, 1.165) is 6.42 Å². The van der Waals surface area contributed by atoms with E-state index in [1.165, 1.54) is 6.92 Å². The first-order valence-electron chi connectivity index (χ1n) is 24.1. The zero-order valence-corrected chi connectivity index (χ0v) is 41.6. The van der Waals surface area contributed by atoms with Crippen LogP contribution in [0.25, 0.3) is 0 Å². The van der Waals surface area contributed by atoms with Crippen molar-refractivity contribution in [2.75, 3.05) is 26.2 Å². The Bertz CT molecular complexity index is 1800. The molecule has 0 fully saturated rings. The van der Waals surface area contributed by atoms with E-state index in [1.807, 2.05) is 27.7 Å². The summed E-state index contributed by atoms with van der Waals surface area (Å²) in [5.41, 5.74) is 23.8.